The molecule has 0 N–H and O–H groups in total. The van der Waals surface area contributed by atoms with Crippen molar-refractivity contribution in [3.8, 4) is 11.5 Å². The lowest BCUT2D eigenvalue weighted by Crippen LogP contribution is -2.03. The predicted molar refractivity (Wildman–Crippen MR) is 174 cm³/mol. The number of hydrogen-bond donors (Lipinski definition) is 0. The lowest BCUT2D eigenvalue weighted by molar-refractivity contribution is 0.104. The van der Waals surface area contributed by atoms with Crippen LogP contribution in [-0.4, -0.2) is 24.7 Å². The van der Waals surface area contributed by atoms with Crippen molar-refractivity contribution in [2.24, 2.45) is 0 Å². The molecule has 0 amide bonds. The third kappa shape index (κ3) is 15.0. The molecule has 0 atom stereocenters. The van der Waals surface area contributed by atoms with E-state index in [0.717, 1.165) is 42.1 Å². The number of carbonyl (C=O) groups excluding carboxylic acids is 1. The second kappa shape index (κ2) is 22.5. The van der Waals surface area contributed by atoms with E-state index < -0.39 is 0 Å². The average molecular weight is 567 g/mol. The largest absolute Gasteiger partial charge is 0.490 e. The van der Waals surface area contributed by atoms with Gasteiger partial charge in [-0.25, -0.2) is 0 Å². The zero-order valence-electron chi connectivity index (χ0n) is 25.6. The maximum atomic E-state index is 12.8. The fraction of sp³-hybridized carbons (Fsp3) is 0.583. The van der Waals surface area contributed by atoms with Gasteiger partial charge in [-0.3, -0.25) is 4.79 Å². The van der Waals surface area contributed by atoms with Crippen molar-refractivity contribution in [3.63, 3.8) is 0 Å². The SMILES string of the molecule is CCCCCCCCCOc1ccc(/C=C/C(=O)c2ccc(SCCC)cc2)cc1OCCCCCCCCC. The van der Waals surface area contributed by atoms with Crippen LogP contribution in [0.1, 0.15) is 133 Å². The molecule has 0 aliphatic heterocycles. The summed E-state index contributed by atoms with van der Waals surface area (Å²) in [6.07, 6.45) is 22.3. The first-order chi connectivity index (χ1) is 19.7. The normalized spacial score (nSPS) is 11.3. The summed E-state index contributed by atoms with van der Waals surface area (Å²) in [7, 11) is 0. The van der Waals surface area contributed by atoms with Crippen molar-refractivity contribution in [1.82, 2.24) is 0 Å². The number of thioether (sulfide) groups is 1. The van der Waals surface area contributed by atoms with E-state index in [4.69, 9.17) is 9.47 Å². The first-order valence-electron chi connectivity index (χ1n) is 16.0. The minimum absolute atomic E-state index is 0.0110. The van der Waals surface area contributed by atoms with E-state index >= 15 is 0 Å². The molecule has 0 heterocycles. The highest BCUT2D eigenvalue weighted by Crippen LogP contribution is 2.30. The summed E-state index contributed by atoms with van der Waals surface area (Å²) in [5.74, 6) is 2.69. The molecule has 0 bridgehead atoms. The number of ketones is 1. The van der Waals surface area contributed by atoms with Crippen molar-refractivity contribution >= 4 is 23.6 Å². The van der Waals surface area contributed by atoms with Crippen LogP contribution in [0, 0.1) is 0 Å². The molecule has 0 unspecified atom stereocenters. The summed E-state index contributed by atoms with van der Waals surface area (Å²) < 4.78 is 12.4. The van der Waals surface area contributed by atoms with Crippen LogP contribution >= 0.6 is 11.8 Å². The van der Waals surface area contributed by atoms with Gasteiger partial charge in [0, 0.05) is 10.5 Å². The number of ether oxygens (including phenoxy) is 2. The molecule has 2 aromatic rings. The van der Waals surface area contributed by atoms with Gasteiger partial charge in [0.05, 0.1) is 13.2 Å². The lowest BCUT2D eigenvalue weighted by Gasteiger charge is -2.14. The molecule has 222 valence electrons. The summed E-state index contributed by atoms with van der Waals surface area (Å²) in [4.78, 5) is 14.0. The molecule has 3 nitrogen and oxygen atoms in total. The van der Waals surface area contributed by atoms with Crippen LogP contribution in [0.3, 0.4) is 0 Å². The van der Waals surface area contributed by atoms with E-state index in [1.165, 1.54) is 81.9 Å². The molecular weight excluding hydrogens is 512 g/mol. The Morgan fingerprint density at radius 2 is 1.20 bits per heavy atom. The van der Waals surface area contributed by atoms with Gasteiger partial charge in [0.15, 0.2) is 17.3 Å². The van der Waals surface area contributed by atoms with Crippen molar-refractivity contribution in [3.05, 3.63) is 59.7 Å². The molecule has 2 rings (SSSR count). The topological polar surface area (TPSA) is 35.5 Å². The van der Waals surface area contributed by atoms with Crippen molar-refractivity contribution in [1.29, 1.82) is 0 Å². The second-order valence-corrected chi connectivity index (χ2v) is 11.9. The Balaban J connectivity index is 1.93. The first kappa shape index (κ1) is 34.0. The molecule has 0 saturated heterocycles. The Morgan fingerprint density at radius 1 is 0.650 bits per heavy atom. The molecule has 2 aromatic carbocycles. The van der Waals surface area contributed by atoms with Crippen LogP contribution in [0.25, 0.3) is 6.08 Å². The average Bonchev–Trinajstić information content (AvgIpc) is 2.98. The monoisotopic (exact) mass is 566 g/mol. The van der Waals surface area contributed by atoms with Crippen LogP contribution in [0.15, 0.2) is 53.4 Å². The summed E-state index contributed by atoms with van der Waals surface area (Å²) in [5.41, 5.74) is 1.66. The molecule has 0 aromatic heterocycles. The first-order valence-corrected chi connectivity index (χ1v) is 17.0. The Labute approximate surface area is 249 Å². The molecular formula is C36H54O3S. The van der Waals surface area contributed by atoms with Crippen LogP contribution < -0.4 is 9.47 Å². The van der Waals surface area contributed by atoms with E-state index in [-0.39, 0.29) is 5.78 Å². The van der Waals surface area contributed by atoms with Gasteiger partial charge >= 0.3 is 0 Å². The van der Waals surface area contributed by atoms with Gasteiger partial charge in [0.1, 0.15) is 0 Å². The number of benzene rings is 2. The van der Waals surface area contributed by atoms with Crippen molar-refractivity contribution in [2.75, 3.05) is 19.0 Å². The van der Waals surface area contributed by atoms with E-state index in [0.29, 0.717) is 18.8 Å². The van der Waals surface area contributed by atoms with E-state index in [1.807, 2.05) is 60.3 Å². The fourth-order valence-corrected chi connectivity index (χ4v) is 5.31. The Kier molecular flexibility index (Phi) is 19.1. The zero-order chi connectivity index (χ0) is 28.7. The fourth-order valence-electron chi connectivity index (χ4n) is 4.55. The minimum atomic E-state index is 0.0110. The minimum Gasteiger partial charge on any atom is -0.490 e. The van der Waals surface area contributed by atoms with E-state index in [2.05, 4.69) is 20.8 Å². The number of rotatable bonds is 24. The molecule has 0 spiro atoms. The van der Waals surface area contributed by atoms with Gasteiger partial charge in [-0.15, -0.1) is 11.8 Å². The highest BCUT2D eigenvalue weighted by atomic mass is 32.2. The quantitative estimate of drug-likeness (QED) is 0.0548. The molecule has 0 saturated carbocycles. The van der Waals surface area contributed by atoms with Crippen molar-refractivity contribution in [2.45, 2.75) is 122 Å². The molecule has 0 aliphatic rings. The summed E-state index contributed by atoms with van der Waals surface area (Å²) in [6, 6.07) is 13.9. The predicted octanol–water partition coefficient (Wildman–Crippen LogP) is 11.3. The van der Waals surface area contributed by atoms with Gasteiger partial charge in [-0.2, -0.15) is 0 Å². The summed E-state index contributed by atoms with van der Waals surface area (Å²) >= 11 is 1.82. The maximum absolute atomic E-state index is 12.8. The van der Waals surface area contributed by atoms with Gasteiger partial charge in [0.2, 0.25) is 0 Å². The van der Waals surface area contributed by atoms with Gasteiger partial charge in [0.25, 0.3) is 0 Å². The number of carbonyl (C=O) groups is 1. The summed E-state index contributed by atoms with van der Waals surface area (Å²) in [6.45, 7) is 8.09. The van der Waals surface area contributed by atoms with E-state index in [9.17, 15) is 4.79 Å². The molecule has 4 heteroatoms. The summed E-state index contributed by atoms with van der Waals surface area (Å²) in [5, 5.41) is 0. The highest BCUT2D eigenvalue weighted by Gasteiger charge is 2.08. The Hall–Kier alpha value is -2.20. The zero-order valence-corrected chi connectivity index (χ0v) is 26.4. The maximum Gasteiger partial charge on any atom is 0.185 e. The highest BCUT2D eigenvalue weighted by molar-refractivity contribution is 7.99. The molecule has 40 heavy (non-hydrogen) atoms. The van der Waals surface area contributed by atoms with Gasteiger partial charge in [-0.05, 0) is 73.1 Å². The smallest absolute Gasteiger partial charge is 0.185 e. The second-order valence-electron chi connectivity index (χ2n) is 10.7. The van der Waals surface area contributed by atoms with Crippen LogP contribution in [0.2, 0.25) is 0 Å². The Morgan fingerprint density at radius 3 is 1.77 bits per heavy atom. The van der Waals surface area contributed by atoms with E-state index in [1.54, 1.807) is 6.08 Å². The Bertz CT molecular complexity index is 951. The molecule has 0 fully saturated rings. The standard InChI is InChI=1S/C36H54O3S/c1-4-7-9-11-13-15-17-27-38-35-26-20-31(30-36(35)39-28-18-16-14-12-10-8-5-2)19-25-34(37)32-21-23-33(24-22-32)40-29-6-3/h19-26,30H,4-18,27-29H2,1-3H3/b25-19+. The van der Waals surface area contributed by atoms with Crippen LogP contribution in [0.4, 0.5) is 0 Å². The number of hydrogen-bond acceptors (Lipinski definition) is 4. The third-order valence-electron chi connectivity index (χ3n) is 7.02. The third-order valence-corrected chi connectivity index (χ3v) is 8.24. The lowest BCUT2D eigenvalue weighted by atomic mass is 10.1. The van der Waals surface area contributed by atoms with Crippen LogP contribution in [0.5, 0.6) is 11.5 Å². The van der Waals surface area contributed by atoms with Gasteiger partial charge < -0.3 is 9.47 Å². The van der Waals surface area contributed by atoms with Crippen molar-refractivity contribution < 1.29 is 14.3 Å². The number of unbranched alkanes of at least 4 members (excludes halogenated alkanes) is 12. The molecule has 0 radical (unpaired) electrons. The molecule has 0 aliphatic carbocycles. The van der Waals surface area contributed by atoms with Gasteiger partial charge in [-0.1, -0.05) is 110 Å². The number of allylic oxidation sites excluding steroid dienone is 1. The van der Waals surface area contributed by atoms with Crippen LogP contribution in [-0.2, 0) is 0 Å².